The maximum absolute atomic E-state index is 13.3. The highest BCUT2D eigenvalue weighted by Gasteiger charge is 2.36. The number of phenols is 1. The lowest BCUT2D eigenvalue weighted by atomic mass is 9.91. The van der Waals surface area contributed by atoms with Crippen LogP contribution in [-0.4, -0.2) is 22.8 Å². The van der Waals surface area contributed by atoms with E-state index in [-0.39, 0.29) is 35.7 Å². The predicted octanol–water partition coefficient (Wildman–Crippen LogP) is 6.24. The summed E-state index contributed by atoms with van der Waals surface area (Å²) < 4.78 is 19.3. The molecule has 178 valence electrons. The summed E-state index contributed by atoms with van der Waals surface area (Å²) in [4.78, 5) is 24.0. The molecule has 2 heterocycles. The van der Waals surface area contributed by atoms with Gasteiger partial charge in [-0.25, -0.2) is 0 Å². The molecule has 0 saturated carbocycles. The molecule has 1 aliphatic rings. The molecule has 3 aromatic rings. The predicted molar refractivity (Wildman–Crippen MR) is 133 cm³/mol. The Kier molecular flexibility index (Phi) is 7.88. The minimum atomic E-state index is -0.977. The van der Waals surface area contributed by atoms with Crippen molar-refractivity contribution < 1.29 is 28.9 Å². The molecule has 0 spiro atoms. The summed E-state index contributed by atoms with van der Waals surface area (Å²) in [6.07, 6.45) is 4.58. The van der Waals surface area contributed by atoms with Crippen LogP contribution in [0.25, 0.3) is 11.0 Å². The van der Waals surface area contributed by atoms with Crippen LogP contribution in [0.2, 0.25) is 0 Å². The molecule has 7 nitrogen and oxygen atoms in total. The van der Waals surface area contributed by atoms with E-state index in [4.69, 9.17) is 19.0 Å². The third kappa shape index (κ3) is 5.43. The Morgan fingerprint density at radius 3 is 2.71 bits per heavy atom. The molecular formula is C25H22Br2O7. The zero-order chi connectivity index (χ0) is 24.2. The number of benzene rings is 2. The van der Waals surface area contributed by atoms with E-state index in [0.29, 0.717) is 33.8 Å². The van der Waals surface area contributed by atoms with E-state index in [2.05, 4.69) is 31.9 Å². The monoisotopic (exact) mass is 592 g/mol. The average molecular weight is 594 g/mol. The molecule has 3 atom stereocenters. The van der Waals surface area contributed by atoms with E-state index in [1.807, 2.05) is 18.2 Å². The zero-order valence-electron chi connectivity index (χ0n) is 17.9. The first-order valence-corrected chi connectivity index (χ1v) is 12.3. The van der Waals surface area contributed by atoms with Crippen LogP contribution in [0.4, 0.5) is 0 Å². The largest absolute Gasteiger partial charge is 0.508 e. The van der Waals surface area contributed by atoms with Crippen molar-refractivity contribution in [3.05, 3.63) is 85.1 Å². The number of hydrogen-bond acceptors (Lipinski definition) is 6. The molecule has 1 aliphatic heterocycles. The van der Waals surface area contributed by atoms with Crippen LogP contribution < -0.4 is 5.43 Å². The van der Waals surface area contributed by atoms with Gasteiger partial charge in [0.2, 0.25) is 5.43 Å². The molecule has 34 heavy (non-hydrogen) atoms. The fourth-order valence-electron chi connectivity index (χ4n) is 3.93. The number of fused-ring (bicyclic) bond motifs is 1. The van der Waals surface area contributed by atoms with Crippen LogP contribution in [0.15, 0.2) is 73.0 Å². The maximum Gasteiger partial charge on any atom is 0.303 e. The van der Waals surface area contributed by atoms with E-state index >= 15 is 0 Å². The van der Waals surface area contributed by atoms with E-state index in [0.717, 1.165) is 4.47 Å². The molecule has 4 rings (SSSR count). The summed E-state index contributed by atoms with van der Waals surface area (Å²) >= 11 is 6.81. The van der Waals surface area contributed by atoms with E-state index < -0.39 is 18.4 Å². The summed E-state index contributed by atoms with van der Waals surface area (Å²) in [5, 5.41) is 19.7. The fraction of sp³-hybridized carbons (Fsp3) is 0.280. The molecular weight excluding hydrogens is 572 g/mol. The van der Waals surface area contributed by atoms with Crippen molar-refractivity contribution in [1.29, 1.82) is 0 Å². The number of rotatable bonds is 7. The molecule has 0 aliphatic carbocycles. The van der Waals surface area contributed by atoms with Gasteiger partial charge in [-0.15, -0.1) is 0 Å². The quantitative estimate of drug-likeness (QED) is 0.312. The van der Waals surface area contributed by atoms with Crippen molar-refractivity contribution in [1.82, 2.24) is 0 Å². The van der Waals surface area contributed by atoms with Gasteiger partial charge < -0.3 is 24.1 Å². The number of carboxylic acids is 1. The maximum atomic E-state index is 13.3. The number of halogens is 2. The minimum Gasteiger partial charge on any atom is -0.508 e. The van der Waals surface area contributed by atoms with Gasteiger partial charge in [-0.2, -0.15) is 0 Å². The van der Waals surface area contributed by atoms with Gasteiger partial charge in [0, 0.05) is 22.4 Å². The molecule has 0 radical (unpaired) electrons. The van der Waals surface area contributed by atoms with Gasteiger partial charge in [0.1, 0.15) is 12.0 Å². The van der Waals surface area contributed by atoms with Crippen molar-refractivity contribution in [2.45, 2.75) is 31.7 Å². The Morgan fingerprint density at radius 2 is 1.94 bits per heavy atom. The van der Waals surface area contributed by atoms with E-state index in [1.54, 1.807) is 30.3 Å². The lowest BCUT2D eigenvalue weighted by molar-refractivity contribution is -0.244. The SMILES string of the molecule is O=C(O)CC/C=C\C[C@@H]1COC(c2coc3c(Br)cc(Br)cc3c2=O)O[C@@H]1c1ccccc1O. The number of allylic oxidation sites excluding steroid dienone is 2. The number of aliphatic carboxylic acids is 1. The second-order valence-electron chi connectivity index (χ2n) is 7.96. The third-order valence-electron chi connectivity index (χ3n) is 5.61. The number of aromatic hydroxyl groups is 1. The Morgan fingerprint density at radius 1 is 1.15 bits per heavy atom. The average Bonchev–Trinajstić information content (AvgIpc) is 2.80. The Labute approximate surface area is 212 Å². The number of carboxylic acid groups (broad SMARTS) is 1. The summed E-state index contributed by atoms with van der Waals surface area (Å²) in [5.41, 5.74) is 0.981. The molecule has 1 saturated heterocycles. The lowest BCUT2D eigenvalue weighted by Gasteiger charge is -2.36. The van der Waals surface area contributed by atoms with Crippen molar-refractivity contribution in [2.24, 2.45) is 5.92 Å². The van der Waals surface area contributed by atoms with Crippen molar-refractivity contribution in [3.8, 4) is 5.75 Å². The lowest BCUT2D eigenvalue weighted by Crippen LogP contribution is -2.32. The summed E-state index contributed by atoms with van der Waals surface area (Å²) in [7, 11) is 0. The Balaban J connectivity index is 1.63. The third-order valence-corrected chi connectivity index (χ3v) is 6.65. The highest BCUT2D eigenvalue weighted by molar-refractivity contribution is 9.11. The molecule has 2 aromatic carbocycles. The van der Waals surface area contributed by atoms with Gasteiger partial charge in [0.05, 0.1) is 28.1 Å². The molecule has 0 bridgehead atoms. The summed E-state index contributed by atoms with van der Waals surface area (Å²) in [6.45, 7) is 0.270. The normalized spacial score (nSPS) is 20.7. The number of carbonyl (C=O) groups is 1. The van der Waals surface area contributed by atoms with Crippen molar-refractivity contribution >= 4 is 48.8 Å². The smallest absolute Gasteiger partial charge is 0.303 e. The number of ether oxygens (including phenoxy) is 2. The van der Waals surface area contributed by atoms with Crippen LogP contribution >= 0.6 is 31.9 Å². The first-order valence-electron chi connectivity index (χ1n) is 10.7. The molecule has 1 unspecified atom stereocenters. The molecule has 9 heteroatoms. The zero-order valence-corrected chi connectivity index (χ0v) is 21.1. The van der Waals surface area contributed by atoms with Gasteiger partial charge in [0.15, 0.2) is 11.9 Å². The first kappa shape index (κ1) is 24.7. The van der Waals surface area contributed by atoms with Crippen molar-refractivity contribution in [2.75, 3.05) is 6.61 Å². The Bertz CT molecular complexity index is 1280. The van der Waals surface area contributed by atoms with Gasteiger partial charge in [-0.3, -0.25) is 9.59 Å². The van der Waals surface area contributed by atoms with Gasteiger partial charge in [-0.05, 0) is 47.0 Å². The summed E-state index contributed by atoms with van der Waals surface area (Å²) in [6, 6.07) is 10.4. The highest BCUT2D eigenvalue weighted by Crippen LogP contribution is 2.42. The molecule has 1 fully saturated rings. The van der Waals surface area contributed by atoms with Gasteiger partial charge in [-0.1, -0.05) is 46.3 Å². The van der Waals surface area contributed by atoms with Crippen LogP contribution in [-0.2, 0) is 14.3 Å². The van der Waals surface area contributed by atoms with Crippen LogP contribution in [0.3, 0.4) is 0 Å². The topological polar surface area (TPSA) is 106 Å². The van der Waals surface area contributed by atoms with Crippen molar-refractivity contribution in [3.63, 3.8) is 0 Å². The first-order chi connectivity index (χ1) is 16.3. The Hall–Kier alpha value is -2.46. The standard InChI is InChI=1S/C25H22Br2O7/c26-15-10-17-22(31)18(13-32-24(17)19(27)11-15)25-33-12-14(6-2-1-3-9-21(29)30)23(34-25)16-7-4-5-8-20(16)28/h1-2,4-5,7-8,10-11,13-14,23,25,28H,3,6,9,12H2,(H,29,30)/b2-1-/t14-,23+,25?/m1/s1. The molecule has 1 aromatic heterocycles. The minimum absolute atomic E-state index is 0.0586. The fourth-order valence-corrected chi connectivity index (χ4v) is 5.25. The number of hydrogen-bond donors (Lipinski definition) is 2. The van der Waals surface area contributed by atoms with Crippen LogP contribution in [0.1, 0.15) is 42.8 Å². The highest BCUT2D eigenvalue weighted by atomic mass is 79.9. The number of phenolic OH excluding ortho intramolecular Hbond substituents is 1. The van der Waals surface area contributed by atoms with E-state index in [1.165, 1.54) is 6.26 Å². The van der Waals surface area contributed by atoms with Crippen LogP contribution in [0, 0.1) is 5.92 Å². The van der Waals surface area contributed by atoms with Gasteiger partial charge in [0.25, 0.3) is 0 Å². The van der Waals surface area contributed by atoms with Gasteiger partial charge >= 0.3 is 5.97 Å². The second-order valence-corrected chi connectivity index (χ2v) is 9.73. The second kappa shape index (κ2) is 10.9. The molecule has 2 N–H and O–H groups in total. The summed E-state index contributed by atoms with van der Waals surface area (Å²) in [5.74, 6) is -0.912. The molecule has 0 amide bonds. The van der Waals surface area contributed by atoms with E-state index in [9.17, 15) is 14.7 Å². The number of para-hydroxylation sites is 1. The van der Waals surface area contributed by atoms with Crippen LogP contribution in [0.5, 0.6) is 5.75 Å².